The third kappa shape index (κ3) is 3.83. The fraction of sp³-hybridized carbons (Fsp3) is 0.429. The minimum Gasteiger partial charge on any atom is -0.494 e. The predicted octanol–water partition coefficient (Wildman–Crippen LogP) is 0.371. The van der Waals surface area contributed by atoms with E-state index < -0.39 is 0 Å². The van der Waals surface area contributed by atoms with Crippen molar-refractivity contribution >= 4 is 5.69 Å². The molecule has 1 N–H and O–H groups in total. The highest BCUT2D eigenvalue weighted by Gasteiger charge is 2.13. The zero-order chi connectivity index (χ0) is 16.8. The molecule has 10 heteroatoms. The van der Waals surface area contributed by atoms with Crippen molar-refractivity contribution < 1.29 is 4.74 Å². The molecule has 24 heavy (non-hydrogen) atoms. The van der Waals surface area contributed by atoms with E-state index in [1.54, 1.807) is 4.68 Å². The summed E-state index contributed by atoms with van der Waals surface area (Å²) in [6.45, 7) is 3.90. The van der Waals surface area contributed by atoms with E-state index in [1.807, 2.05) is 38.2 Å². The molecule has 0 radical (unpaired) electrons. The Morgan fingerprint density at radius 2 is 2.04 bits per heavy atom. The predicted molar refractivity (Wildman–Crippen MR) is 85.3 cm³/mol. The summed E-state index contributed by atoms with van der Waals surface area (Å²) in [6.07, 6.45) is 0.662. The van der Waals surface area contributed by atoms with Gasteiger partial charge in [-0.3, -0.25) is 0 Å². The van der Waals surface area contributed by atoms with Gasteiger partial charge in [0.2, 0.25) is 0 Å². The molecule has 1 aromatic carbocycles. The van der Waals surface area contributed by atoms with Gasteiger partial charge >= 0.3 is 0 Å². The van der Waals surface area contributed by atoms with Crippen LogP contribution < -0.4 is 9.64 Å². The van der Waals surface area contributed by atoms with Crippen LogP contribution in [-0.2, 0) is 20.0 Å². The van der Waals surface area contributed by atoms with Crippen LogP contribution >= 0.6 is 0 Å². The van der Waals surface area contributed by atoms with Crippen LogP contribution in [0.2, 0.25) is 0 Å². The van der Waals surface area contributed by atoms with E-state index in [4.69, 9.17) is 4.74 Å². The van der Waals surface area contributed by atoms with Gasteiger partial charge in [0.1, 0.15) is 5.75 Å². The van der Waals surface area contributed by atoms with Gasteiger partial charge in [-0.1, -0.05) is 5.21 Å². The molecule has 0 saturated heterocycles. The molecule has 0 spiro atoms. The standard InChI is InChI=1S/C14H19N9O/c1-3-24-12-6-4-11(5-7-12)23(9-8-13-15-18-19-16-13)10-14-17-20-21-22(14)2/h4-7H,3,8-10H2,1-2H3,(H,15,16,18,19). The van der Waals surface area contributed by atoms with Crippen molar-refractivity contribution in [2.45, 2.75) is 19.9 Å². The second-order valence-electron chi connectivity index (χ2n) is 5.15. The van der Waals surface area contributed by atoms with E-state index >= 15 is 0 Å². The van der Waals surface area contributed by atoms with Gasteiger partial charge in [0, 0.05) is 25.7 Å². The number of hydrogen-bond acceptors (Lipinski definition) is 8. The van der Waals surface area contributed by atoms with Crippen LogP contribution in [0.1, 0.15) is 18.6 Å². The third-order valence-electron chi connectivity index (χ3n) is 3.55. The van der Waals surface area contributed by atoms with Crippen molar-refractivity contribution in [1.82, 2.24) is 40.8 Å². The van der Waals surface area contributed by atoms with Crippen molar-refractivity contribution in [3.63, 3.8) is 0 Å². The molecule has 126 valence electrons. The molecule has 0 unspecified atom stereocenters. The number of hydrogen-bond donors (Lipinski definition) is 1. The Morgan fingerprint density at radius 3 is 2.67 bits per heavy atom. The van der Waals surface area contributed by atoms with E-state index in [9.17, 15) is 0 Å². The highest BCUT2D eigenvalue weighted by atomic mass is 16.5. The van der Waals surface area contributed by atoms with Crippen LogP contribution in [0.4, 0.5) is 5.69 Å². The van der Waals surface area contributed by atoms with Crippen LogP contribution in [0.25, 0.3) is 0 Å². The average molecular weight is 329 g/mol. The smallest absolute Gasteiger partial charge is 0.176 e. The Morgan fingerprint density at radius 1 is 1.21 bits per heavy atom. The van der Waals surface area contributed by atoms with Crippen LogP contribution in [-0.4, -0.2) is 54.0 Å². The Bertz CT molecular complexity index is 738. The zero-order valence-electron chi connectivity index (χ0n) is 13.6. The second kappa shape index (κ2) is 7.49. The van der Waals surface area contributed by atoms with Gasteiger partial charge in [0.25, 0.3) is 0 Å². The van der Waals surface area contributed by atoms with Crippen LogP contribution in [0.3, 0.4) is 0 Å². The largest absolute Gasteiger partial charge is 0.494 e. The van der Waals surface area contributed by atoms with Gasteiger partial charge in [-0.2, -0.15) is 5.21 Å². The first-order valence-corrected chi connectivity index (χ1v) is 7.67. The first kappa shape index (κ1) is 15.8. The number of aryl methyl sites for hydroxylation is 1. The fourth-order valence-electron chi connectivity index (χ4n) is 2.30. The fourth-order valence-corrected chi connectivity index (χ4v) is 2.30. The van der Waals surface area contributed by atoms with Crippen molar-refractivity contribution in [3.8, 4) is 5.75 Å². The van der Waals surface area contributed by atoms with Gasteiger partial charge < -0.3 is 9.64 Å². The topological polar surface area (TPSA) is 111 Å². The SMILES string of the molecule is CCOc1ccc(N(CCc2nn[nH]n2)Cc2nnnn2C)cc1. The van der Waals surface area contributed by atoms with Crippen molar-refractivity contribution in [1.29, 1.82) is 0 Å². The van der Waals surface area contributed by atoms with E-state index in [0.29, 0.717) is 31.9 Å². The lowest BCUT2D eigenvalue weighted by Crippen LogP contribution is -2.27. The highest BCUT2D eigenvalue weighted by Crippen LogP contribution is 2.21. The number of rotatable bonds is 8. The van der Waals surface area contributed by atoms with Crippen molar-refractivity contribution in [2.75, 3.05) is 18.1 Å². The molecular weight excluding hydrogens is 310 g/mol. The summed E-state index contributed by atoms with van der Waals surface area (Å²) >= 11 is 0. The van der Waals surface area contributed by atoms with Gasteiger partial charge in [-0.05, 0) is 41.6 Å². The summed E-state index contributed by atoms with van der Waals surface area (Å²) in [6, 6.07) is 7.94. The van der Waals surface area contributed by atoms with Crippen LogP contribution in [0.15, 0.2) is 24.3 Å². The van der Waals surface area contributed by atoms with Crippen LogP contribution in [0.5, 0.6) is 5.75 Å². The lowest BCUT2D eigenvalue weighted by molar-refractivity contribution is 0.340. The lowest BCUT2D eigenvalue weighted by atomic mass is 10.2. The number of tetrazole rings is 2. The van der Waals surface area contributed by atoms with Crippen molar-refractivity contribution in [2.24, 2.45) is 7.05 Å². The molecule has 0 atom stereocenters. The summed E-state index contributed by atoms with van der Waals surface area (Å²) in [7, 11) is 1.82. The maximum Gasteiger partial charge on any atom is 0.176 e. The number of anilines is 1. The Hall–Kier alpha value is -3.04. The van der Waals surface area contributed by atoms with E-state index in [0.717, 1.165) is 17.3 Å². The molecule has 2 heterocycles. The number of aromatic nitrogens is 8. The maximum absolute atomic E-state index is 5.50. The molecule has 10 nitrogen and oxygen atoms in total. The number of aromatic amines is 1. The minimum atomic E-state index is 0.579. The van der Waals surface area contributed by atoms with E-state index in [2.05, 4.69) is 41.0 Å². The first-order valence-electron chi connectivity index (χ1n) is 7.67. The zero-order valence-corrected chi connectivity index (χ0v) is 13.6. The van der Waals surface area contributed by atoms with Crippen molar-refractivity contribution in [3.05, 3.63) is 35.9 Å². The molecule has 0 amide bonds. The Kier molecular flexibility index (Phi) is 4.94. The first-order chi connectivity index (χ1) is 11.8. The summed E-state index contributed by atoms with van der Waals surface area (Å²) in [5, 5.41) is 25.7. The molecule has 0 aliphatic carbocycles. The molecule has 2 aromatic heterocycles. The van der Waals surface area contributed by atoms with E-state index in [-0.39, 0.29) is 0 Å². The second-order valence-corrected chi connectivity index (χ2v) is 5.15. The number of nitrogens with zero attached hydrogens (tertiary/aromatic N) is 8. The summed E-state index contributed by atoms with van der Waals surface area (Å²) in [5.74, 6) is 2.29. The van der Waals surface area contributed by atoms with Gasteiger partial charge in [0.05, 0.1) is 13.2 Å². The molecule has 3 aromatic rings. The Balaban J connectivity index is 1.76. The molecule has 3 rings (SSSR count). The molecule has 0 saturated carbocycles. The van der Waals surface area contributed by atoms with Gasteiger partial charge in [-0.25, -0.2) is 4.68 Å². The van der Waals surface area contributed by atoms with E-state index in [1.165, 1.54) is 0 Å². The molecule has 0 aliphatic heterocycles. The van der Waals surface area contributed by atoms with Gasteiger partial charge in [0.15, 0.2) is 11.6 Å². The molecule has 0 fully saturated rings. The molecular formula is C14H19N9O. The number of ether oxygens (including phenoxy) is 1. The average Bonchev–Trinajstić information content (AvgIpc) is 3.25. The quantitative estimate of drug-likeness (QED) is 0.631. The van der Waals surface area contributed by atoms with Crippen LogP contribution in [0, 0.1) is 0 Å². The monoisotopic (exact) mass is 329 g/mol. The molecule has 0 aliphatic rings. The third-order valence-corrected chi connectivity index (χ3v) is 3.55. The maximum atomic E-state index is 5.50. The number of H-pyrrole nitrogens is 1. The van der Waals surface area contributed by atoms with Gasteiger partial charge in [-0.15, -0.1) is 15.3 Å². The lowest BCUT2D eigenvalue weighted by Gasteiger charge is -2.23. The summed E-state index contributed by atoms with van der Waals surface area (Å²) in [5.41, 5.74) is 1.05. The minimum absolute atomic E-state index is 0.579. The highest BCUT2D eigenvalue weighted by molar-refractivity contribution is 5.49. The number of nitrogens with one attached hydrogen (secondary N) is 1. The summed E-state index contributed by atoms with van der Waals surface area (Å²) in [4.78, 5) is 2.16. The normalized spacial score (nSPS) is 10.8. The number of benzene rings is 1. The summed E-state index contributed by atoms with van der Waals surface area (Å²) < 4.78 is 7.16. The Labute approximate surface area is 138 Å². The molecule has 0 bridgehead atoms.